The number of amides is 1. The number of rotatable bonds is 2. The molecule has 1 aliphatic heterocycles. The van der Waals surface area contributed by atoms with Gasteiger partial charge in [-0.05, 0) is 25.5 Å². The van der Waals surface area contributed by atoms with Crippen LogP contribution >= 0.6 is 11.6 Å². The molecule has 0 spiro atoms. The Balaban J connectivity index is 2.12. The number of halogens is 2. The van der Waals surface area contributed by atoms with Crippen molar-refractivity contribution in [2.75, 3.05) is 6.54 Å². The van der Waals surface area contributed by atoms with Crippen LogP contribution in [0.25, 0.3) is 0 Å². The number of hydrogen-bond donors (Lipinski definition) is 1. The topological polar surface area (TPSA) is 46.3 Å². The van der Waals surface area contributed by atoms with Crippen molar-refractivity contribution in [3.8, 4) is 0 Å². The summed E-state index contributed by atoms with van der Waals surface area (Å²) in [6.45, 7) is 2.55. The predicted molar refractivity (Wildman–Crippen MR) is 68.9 cm³/mol. The van der Waals surface area contributed by atoms with E-state index in [4.69, 9.17) is 17.3 Å². The van der Waals surface area contributed by atoms with E-state index in [0.717, 1.165) is 6.42 Å². The molecule has 2 atom stereocenters. The molecule has 2 unspecified atom stereocenters. The molecule has 0 aromatic heterocycles. The lowest BCUT2D eigenvalue weighted by atomic mass is 10.1. The van der Waals surface area contributed by atoms with E-state index < -0.39 is 5.82 Å². The van der Waals surface area contributed by atoms with Gasteiger partial charge < -0.3 is 10.6 Å². The Labute approximate surface area is 111 Å². The number of likely N-dealkylation sites (tertiary alicyclic amines) is 1. The lowest BCUT2D eigenvalue weighted by Crippen LogP contribution is -2.41. The van der Waals surface area contributed by atoms with Crippen molar-refractivity contribution >= 4 is 17.5 Å². The first-order valence-corrected chi connectivity index (χ1v) is 6.36. The second-order valence-electron chi connectivity index (χ2n) is 4.66. The molecule has 18 heavy (non-hydrogen) atoms. The Morgan fingerprint density at radius 2 is 2.33 bits per heavy atom. The van der Waals surface area contributed by atoms with Gasteiger partial charge in [-0.3, -0.25) is 4.79 Å². The summed E-state index contributed by atoms with van der Waals surface area (Å²) in [6, 6.07) is 4.44. The van der Waals surface area contributed by atoms with E-state index in [-0.39, 0.29) is 30.0 Å². The number of hydrogen-bond acceptors (Lipinski definition) is 2. The molecule has 0 aliphatic carbocycles. The molecule has 1 saturated heterocycles. The maximum atomic E-state index is 13.6. The monoisotopic (exact) mass is 270 g/mol. The smallest absolute Gasteiger partial charge is 0.227 e. The Kier molecular flexibility index (Phi) is 3.88. The van der Waals surface area contributed by atoms with Crippen molar-refractivity contribution < 1.29 is 9.18 Å². The van der Waals surface area contributed by atoms with Crippen molar-refractivity contribution in [3.05, 3.63) is 34.6 Å². The van der Waals surface area contributed by atoms with E-state index >= 15 is 0 Å². The van der Waals surface area contributed by atoms with Gasteiger partial charge in [0.1, 0.15) is 5.82 Å². The predicted octanol–water partition coefficient (Wildman–Crippen LogP) is 1.97. The van der Waals surface area contributed by atoms with E-state index in [1.54, 1.807) is 11.0 Å². The first kappa shape index (κ1) is 13.3. The van der Waals surface area contributed by atoms with Crippen molar-refractivity contribution in [2.45, 2.75) is 31.8 Å². The highest BCUT2D eigenvalue weighted by Gasteiger charge is 2.31. The number of benzene rings is 1. The van der Waals surface area contributed by atoms with Crippen molar-refractivity contribution in [3.63, 3.8) is 0 Å². The van der Waals surface area contributed by atoms with Gasteiger partial charge in [0.05, 0.1) is 6.42 Å². The summed E-state index contributed by atoms with van der Waals surface area (Å²) in [5, 5.41) is 0.291. The van der Waals surface area contributed by atoms with E-state index in [0.29, 0.717) is 11.6 Å². The fourth-order valence-electron chi connectivity index (χ4n) is 2.27. The van der Waals surface area contributed by atoms with Crippen LogP contribution in [-0.4, -0.2) is 29.4 Å². The van der Waals surface area contributed by atoms with Crippen LogP contribution in [0.2, 0.25) is 5.02 Å². The zero-order valence-electron chi connectivity index (χ0n) is 10.2. The van der Waals surface area contributed by atoms with E-state index in [1.807, 2.05) is 6.92 Å². The number of carbonyl (C=O) groups excluding carboxylic acids is 1. The Hall–Kier alpha value is -1.13. The quantitative estimate of drug-likeness (QED) is 0.893. The minimum atomic E-state index is -0.438. The molecule has 0 saturated carbocycles. The number of carbonyl (C=O) groups is 1. The fraction of sp³-hybridized carbons (Fsp3) is 0.462. The minimum absolute atomic E-state index is 0.00282. The van der Waals surface area contributed by atoms with Gasteiger partial charge in [-0.15, -0.1) is 0 Å². The summed E-state index contributed by atoms with van der Waals surface area (Å²) in [4.78, 5) is 13.8. The molecule has 1 amide bonds. The van der Waals surface area contributed by atoms with Crippen LogP contribution in [0.1, 0.15) is 18.9 Å². The van der Waals surface area contributed by atoms with Gasteiger partial charge in [-0.25, -0.2) is 4.39 Å². The summed E-state index contributed by atoms with van der Waals surface area (Å²) >= 11 is 5.91. The standard InChI is InChI=1S/C13H16ClFN2O/c1-8-12(16)5-6-17(8)13(18)7-9-10(14)3-2-4-11(9)15/h2-4,8,12H,5-7,16H2,1H3. The van der Waals surface area contributed by atoms with E-state index in [9.17, 15) is 9.18 Å². The van der Waals surface area contributed by atoms with Gasteiger partial charge in [0.25, 0.3) is 0 Å². The molecule has 3 nitrogen and oxygen atoms in total. The molecule has 2 rings (SSSR count). The van der Waals surface area contributed by atoms with Crippen molar-refractivity contribution in [2.24, 2.45) is 5.73 Å². The van der Waals surface area contributed by atoms with Crippen LogP contribution < -0.4 is 5.73 Å². The summed E-state index contributed by atoms with van der Waals surface area (Å²) in [7, 11) is 0. The molecule has 1 aromatic rings. The molecule has 0 bridgehead atoms. The molecule has 1 aliphatic rings. The Bertz CT molecular complexity index is 446. The molecular formula is C13H16ClFN2O. The zero-order chi connectivity index (χ0) is 13.3. The van der Waals surface area contributed by atoms with Crippen LogP contribution in [0.5, 0.6) is 0 Å². The summed E-state index contributed by atoms with van der Waals surface area (Å²) in [5.41, 5.74) is 6.13. The Morgan fingerprint density at radius 3 is 2.89 bits per heavy atom. The molecular weight excluding hydrogens is 255 g/mol. The normalized spacial score (nSPS) is 23.4. The molecule has 1 aromatic carbocycles. The van der Waals surface area contributed by atoms with Crippen LogP contribution in [0.15, 0.2) is 18.2 Å². The average molecular weight is 271 g/mol. The zero-order valence-corrected chi connectivity index (χ0v) is 11.0. The lowest BCUT2D eigenvalue weighted by Gasteiger charge is -2.23. The van der Waals surface area contributed by atoms with Gasteiger partial charge in [0.15, 0.2) is 0 Å². The largest absolute Gasteiger partial charge is 0.338 e. The van der Waals surface area contributed by atoms with Crippen LogP contribution in [0.3, 0.4) is 0 Å². The SMILES string of the molecule is CC1C(N)CCN1C(=O)Cc1c(F)cccc1Cl. The summed E-state index contributed by atoms with van der Waals surface area (Å²) in [5.74, 6) is -0.561. The van der Waals surface area contributed by atoms with Crippen molar-refractivity contribution in [1.29, 1.82) is 0 Å². The number of nitrogens with zero attached hydrogens (tertiary/aromatic N) is 1. The van der Waals surface area contributed by atoms with Gasteiger partial charge in [-0.1, -0.05) is 17.7 Å². The van der Waals surface area contributed by atoms with E-state index in [1.165, 1.54) is 12.1 Å². The maximum absolute atomic E-state index is 13.6. The lowest BCUT2D eigenvalue weighted by molar-refractivity contribution is -0.131. The first-order valence-electron chi connectivity index (χ1n) is 5.98. The molecule has 1 fully saturated rings. The molecule has 2 N–H and O–H groups in total. The van der Waals surface area contributed by atoms with Gasteiger partial charge in [0.2, 0.25) is 5.91 Å². The van der Waals surface area contributed by atoms with Crippen LogP contribution in [0.4, 0.5) is 4.39 Å². The molecule has 98 valence electrons. The third-order valence-corrected chi connectivity index (χ3v) is 3.88. The number of nitrogens with two attached hydrogens (primary N) is 1. The highest BCUT2D eigenvalue weighted by atomic mass is 35.5. The maximum Gasteiger partial charge on any atom is 0.227 e. The Morgan fingerprint density at radius 1 is 1.61 bits per heavy atom. The summed E-state index contributed by atoms with van der Waals surface area (Å²) < 4.78 is 13.6. The van der Waals surface area contributed by atoms with Gasteiger partial charge in [-0.2, -0.15) is 0 Å². The molecule has 5 heteroatoms. The average Bonchev–Trinajstić information content (AvgIpc) is 2.65. The second-order valence-corrected chi connectivity index (χ2v) is 5.06. The van der Waals surface area contributed by atoms with Crippen LogP contribution in [0, 0.1) is 5.82 Å². The van der Waals surface area contributed by atoms with Crippen LogP contribution in [-0.2, 0) is 11.2 Å². The fourth-order valence-corrected chi connectivity index (χ4v) is 2.50. The molecule has 0 radical (unpaired) electrons. The second kappa shape index (κ2) is 5.24. The first-order chi connectivity index (χ1) is 8.50. The third kappa shape index (κ3) is 2.49. The third-order valence-electron chi connectivity index (χ3n) is 3.52. The van der Waals surface area contributed by atoms with E-state index in [2.05, 4.69) is 0 Å². The van der Waals surface area contributed by atoms with Gasteiger partial charge >= 0.3 is 0 Å². The highest BCUT2D eigenvalue weighted by molar-refractivity contribution is 6.31. The summed E-state index contributed by atoms with van der Waals surface area (Å²) in [6.07, 6.45) is 0.778. The van der Waals surface area contributed by atoms with Crippen molar-refractivity contribution in [1.82, 2.24) is 4.90 Å². The van der Waals surface area contributed by atoms with Gasteiger partial charge in [0, 0.05) is 29.2 Å². The minimum Gasteiger partial charge on any atom is -0.338 e. The highest BCUT2D eigenvalue weighted by Crippen LogP contribution is 2.22. The molecule has 1 heterocycles.